The van der Waals surface area contributed by atoms with E-state index in [0.717, 1.165) is 0 Å². The predicted octanol–water partition coefficient (Wildman–Crippen LogP) is -5.91. The molecule has 0 saturated heterocycles. The molecule has 0 aliphatic heterocycles. The van der Waals surface area contributed by atoms with Crippen molar-refractivity contribution < 1.29 is 91.9 Å². The molecule has 0 amide bonds. The Labute approximate surface area is 111 Å². The molecule has 0 atom stereocenters. The van der Waals surface area contributed by atoms with Crippen molar-refractivity contribution >= 4 is 20.8 Å². The number of rotatable bonds is 0. The summed E-state index contributed by atoms with van der Waals surface area (Å²) in [6, 6.07) is 0. The first-order valence-electron chi connectivity index (χ1n) is 1.37. The topological polar surface area (TPSA) is 188 Å². The van der Waals surface area contributed by atoms with Gasteiger partial charge in [-0.25, -0.2) is 16.8 Å². The van der Waals surface area contributed by atoms with Gasteiger partial charge < -0.3 is 14.6 Å². The average Bonchev–Trinajstić information content (AvgIpc) is 1.12. The monoisotopic (exact) mass is 252 g/mol. The maximum atomic E-state index is 8.63. The van der Waals surface area contributed by atoms with Gasteiger partial charge in [-0.15, -0.1) is 0 Å². The smallest absolute Gasteiger partial charge is 0.726 e. The van der Waals surface area contributed by atoms with Gasteiger partial charge in [0.05, 0.1) is 0 Å². The maximum absolute atomic E-state index is 8.63. The van der Waals surface area contributed by atoms with Gasteiger partial charge in [-0.05, 0) is 0 Å². The summed E-state index contributed by atoms with van der Waals surface area (Å²) < 4.78 is 65.7. The molecule has 0 unspecified atom stereocenters. The summed E-state index contributed by atoms with van der Waals surface area (Å²) in [5, 5.41) is 0. The molecule has 72 valence electrons. The van der Waals surface area contributed by atoms with Crippen molar-refractivity contribution in [2.24, 2.45) is 0 Å². The third-order valence-electron chi connectivity index (χ3n) is 0. The first kappa shape index (κ1) is 23.3. The fraction of sp³-hybridized carbons (Fsp3) is 0. The Morgan fingerprint density at radius 2 is 0.833 bits per heavy atom. The third kappa shape index (κ3) is 678. The quantitative estimate of drug-likeness (QED) is 0.184. The molecular weight excluding hydrogens is 247 g/mol. The van der Waals surface area contributed by atoms with E-state index in [1.165, 1.54) is 0 Å². The summed E-state index contributed by atoms with van der Waals surface area (Å²) >= 11 is 0. The SMILES string of the molecule is O=S(=O)([O-])O.O=S(=O)([O-])O.[K+].[OH3+]. The Balaban J connectivity index is -0.0000000457. The van der Waals surface area contributed by atoms with E-state index in [2.05, 4.69) is 0 Å². The van der Waals surface area contributed by atoms with Gasteiger partial charge in [-0.1, -0.05) is 0 Å². The fourth-order valence-electron chi connectivity index (χ4n) is 0. The van der Waals surface area contributed by atoms with Crippen molar-refractivity contribution in [3.63, 3.8) is 0 Å². The summed E-state index contributed by atoms with van der Waals surface area (Å²) in [4.78, 5) is 0. The molecule has 0 saturated carbocycles. The second-order valence-corrected chi connectivity index (χ2v) is 2.57. The van der Waals surface area contributed by atoms with Gasteiger partial charge in [-0.3, -0.25) is 9.11 Å². The Kier molecular flexibility index (Phi) is 17.3. The van der Waals surface area contributed by atoms with Crippen LogP contribution in [0.5, 0.6) is 0 Å². The summed E-state index contributed by atoms with van der Waals surface area (Å²) in [6.07, 6.45) is 0. The van der Waals surface area contributed by atoms with E-state index in [9.17, 15) is 0 Å². The molecule has 0 aliphatic carbocycles. The standard InChI is InChI=1S/K.2H2O4S.H2O/c;2*1-5(2,3)4;/h;2*(H2,1,2,3,4);1H2/q+1;;;/p-1. The van der Waals surface area contributed by atoms with Crippen LogP contribution >= 0.6 is 0 Å². The van der Waals surface area contributed by atoms with Crippen molar-refractivity contribution in [3.8, 4) is 0 Å². The van der Waals surface area contributed by atoms with Crippen LogP contribution in [0.15, 0.2) is 0 Å². The molecule has 0 aromatic heterocycles. The molecule has 0 rings (SSSR count). The summed E-state index contributed by atoms with van der Waals surface area (Å²) in [5.74, 6) is 0. The van der Waals surface area contributed by atoms with Crippen molar-refractivity contribution in [1.82, 2.24) is 0 Å². The molecule has 0 heterocycles. The van der Waals surface area contributed by atoms with Crippen molar-refractivity contribution in [2.75, 3.05) is 0 Å². The molecule has 0 spiro atoms. The molecule has 12 heavy (non-hydrogen) atoms. The molecular formula is H5KO9S2. The Hall–Kier alpha value is 1.34. The number of hydrogen-bond donors (Lipinski definition) is 2. The fourth-order valence-corrected chi connectivity index (χ4v) is 0. The van der Waals surface area contributed by atoms with E-state index in [4.69, 9.17) is 35.0 Å². The number of hydrogen-bond acceptors (Lipinski definition) is 6. The van der Waals surface area contributed by atoms with Crippen LogP contribution in [0.2, 0.25) is 0 Å². The maximum Gasteiger partial charge on any atom is 1.00 e. The van der Waals surface area contributed by atoms with E-state index in [1.54, 1.807) is 0 Å². The van der Waals surface area contributed by atoms with E-state index >= 15 is 0 Å². The van der Waals surface area contributed by atoms with Crippen LogP contribution < -0.4 is 51.4 Å². The minimum Gasteiger partial charge on any atom is -0.726 e. The van der Waals surface area contributed by atoms with Gasteiger partial charge in [0.15, 0.2) is 0 Å². The molecule has 0 fully saturated rings. The van der Waals surface area contributed by atoms with Crippen molar-refractivity contribution in [3.05, 3.63) is 0 Å². The normalized spacial score (nSPS) is 9.67. The minimum atomic E-state index is -4.92. The summed E-state index contributed by atoms with van der Waals surface area (Å²) in [6.45, 7) is 0. The van der Waals surface area contributed by atoms with E-state index in [0.29, 0.717) is 0 Å². The van der Waals surface area contributed by atoms with Gasteiger partial charge in [-0.2, -0.15) is 0 Å². The van der Waals surface area contributed by atoms with Gasteiger partial charge >= 0.3 is 51.4 Å². The molecule has 12 heteroatoms. The predicted molar refractivity (Wildman–Crippen MR) is 29.5 cm³/mol. The first-order valence-corrected chi connectivity index (χ1v) is 4.10. The summed E-state index contributed by atoms with van der Waals surface area (Å²) in [5.41, 5.74) is 0. The third-order valence-corrected chi connectivity index (χ3v) is 0. The zero-order chi connectivity index (χ0) is 9.00. The average molecular weight is 252 g/mol. The van der Waals surface area contributed by atoms with Gasteiger partial charge in [0.25, 0.3) is 0 Å². The molecule has 0 bridgehead atoms. The van der Waals surface area contributed by atoms with E-state index in [1.807, 2.05) is 0 Å². The van der Waals surface area contributed by atoms with Crippen LogP contribution in [0.4, 0.5) is 0 Å². The zero-order valence-corrected chi connectivity index (χ0v) is 10.5. The van der Waals surface area contributed by atoms with Crippen LogP contribution in [0.1, 0.15) is 0 Å². The van der Waals surface area contributed by atoms with Crippen LogP contribution in [0.25, 0.3) is 0 Å². The van der Waals surface area contributed by atoms with Crippen LogP contribution in [0.3, 0.4) is 0 Å². The van der Waals surface area contributed by atoms with Gasteiger partial charge in [0.1, 0.15) is 0 Å². The largest absolute Gasteiger partial charge is 1.00 e. The molecule has 5 N–H and O–H groups in total. The summed E-state index contributed by atoms with van der Waals surface area (Å²) in [7, 11) is -9.83. The van der Waals surface area contributed by atoms with Crippen molar-refractivity contribution in [2.45, 2.75) is 0 Å². The van der Waals surface area contributed by atoms with Crippen LogP contribution in [-0.2, 0) is 26.3 Å². The molecule has 0 radical (unpaired) electrons. The van der Waals surface area contributed by atoms with Crippen LogP contribution in [0, 0.1) is 0 Å². The Morgan fingerprint density at radius 1 is 0.833 bits per heavy atom. The molecule has 0 aliphatic rings. The first-order chi connectivity index (χ1) is 4.00. The second-order valence-electron chi connectivity index (χ2n) is 0.855. The van der Waals surface area contributed by atoms with Gasteiger partial charge in [0.2, 0.25) is 20.8 Å². The van der Waals surface area contributed by atoms with Gasteiger partial charge in [0, 0.05) is 0 Å². The zero-order valence-electron chi connectivity index (χ0n) is 5.74. The molecule has 0 aromatic carbocycles. The Morgan fingerprint density at radius 3 is 0.833 bits per heavy atom. The van der Waals surface area contributed by atoms with E-state index in [-0.39, 0.29) is 56.9 Å². The molecule has 0 aromatic rings. The second kappa shape index (κ2) is 8.91. The van der Waals surface area contributed by atoms with E-state index < -0.39 is 20.8 Å². The molecule has 9 nitrogen and oxygen atoms in total. The minimum absolute atomic E-state index is 0. The Bertz CT molecular complexity index is 209. The van der Waals surface area contributed by atoms with Crippen molar-refractivity contribution in [1.29, 1.82) is 0 Å². The van der Waals surface area contributed by atoms with Crippen LogP contribution in [-0.4, -0.2) is 35.0 Å².